The zero-order valence-electron chi connectivity index (χ0n) is 11.9. The minimum Gasteiger partial charge on any atom is -0.392 e. The highest BCUT2D eigenvalue weighted by molar-refractivity contribution is 5.24. The Morgan fingerprint density at radius 3 is 2.33 bits per heavy atom. The van der Waals surface area contributed by atoms with E-state index >= 15 is 0 Å². The Morgan fingerprint density at radius 2 is 1.89 bits per heavy atom. The molecular weight excluding hydrogens is 222 g/mol. The van der Waals surface area contributed by atoms with Crippen molar-refractivity contribution in [3.63, 3.8) is 0 Å². The molecular formula is C16H25NO. The average Bonchev–Trinajstić information content (AvgIpc) is 2.34. The molecule has 0 amide bonds. The summed E-state index contributed by atoms with van der Waals surface area (Å²) in [5, 5.41) is 13.2. The first-order valence-corrected chi connectivity index (χ1v) is 6.91. The van der Waals surface area contributed by atoms with Crippen LogP contribution in [0.25, 0.3) is 0 Å². The van der Waals surface area contributed by atoms with Gasteiger partial charge in [0.1, 0.15) is 0 Å². The third kappa shape index (κ3) is 2.60. The Labute approximate surface area is 110 Å². The van der Waals surface area contributed by atoms with Gasteiger partial charge in [-0.25, -0.2) is 0 Å². The van der Waals surface area contributed by atoms with E-state index in [4.69, 9.17) is 0 Å². The number of aliphatic hydroxyl groups is 1. The average molecular weight is 247 g/mol. The molecule has 1 aromatic rings. The van der Waals surface area contributed by atoms with Crippen molar-refractivity contribution in [2.24, 2.45) is 5.41 Å². The highest BCUT2D eigenvalue weighted by Crippen LogP contribution is 2.40. The summed E-state index contributed by atoms with van der Waals surface area (Å²) in [5.74, 6) is 0.590. The zero-order chi connectivity index (χ0) is 13.3. The number of nitrogens with one attached hydrogen (secondary N) is 1. The lowest BCUT2D eigenvalue weighted by atomic mass is 9.64. The molecule has 0 saturated heterocycles. The molecule has 0 radical (unpaired) electrons. The van der Waals surface area contributed by atoms with Crippen molar-refractivity contribution in [3.05, 3.63) is 35.4 Å². The summed E-state index contributed by atoms with van der Waals surface area (Å²) in [4.78, 5) is 0. The van der Waals surface area contributed by atoms with E-state index in [0.29, 0.717) is 12.0 Å². The van der Waals surface area contributed by atoms with Gasteiger partial charge in [0.25, 0.3) is 0 Å². The number of hydrogen-bond acceptors (Lipinski definition) is 2. The zero-order valence-corrected chi connectivity index (χ0v) is 11.9. The van der Waals surface area contributed by atoms with Gasteiger partial charge in [-0.15, -0.1) is 0 Å². The second kappa shape index (κ2) is 5.02. The predicted molar refractivity (Wildman–Crippen MR) is 75.6 cm³/mol. The molecule has 0 spiro atoms. The van der Waals surface area contributed by atoms with E-state index < -0.39 is 0 Å². The van der Waals surface area contributed by atoms with E-state index in [2.05, 4.69) is 57.3 Å². The summed E-state index contributed by atoms with van der Waals surface area (Å²) in [6.07, 6.45) is 0.718. The molecule has 2 rings (SSSR count). The van der Waals surface area contributed by atoms with Crippen LogP contribution in [-0.4, -0.2) is 17.3 Å². The van der Waals surface area contributed by atoms with Gasteiger partial charge in [0, 0.05) is 18.0 Å². The van der Waals surface area contributed by atoms with E-state index in [1.54, 1.807) is 0 Å². The molecule has 0 bridgehead atoms. The minimum atomic E-state index is -0.154. The first kappa shape index (κ1) is 13.6. The van der Waals surface area contributed by atoms with Crippen molar-refractivity contribution in [1.82, 2.24) is 5.32 Å². The largest absolute Gasteiger partial charge is 0.392 e. The van der Waals surface area contributed by atoms with Gasteiger partial charge in [0.05, 0.1) is 6.10 Å². The van der Waals surface area contributed by atoms with Gasteiger partial charge in [0.15, 0.2) is 0 Å². The Kier molecular flexibility index (Phi) is 3.79. The van der Waals surface area contributed by atoms with Crippen molar-refractivity contribution in [3.8, 4) is 0 Å². The van der Waals surface area contributed by atoms with Crippen LogP contribution in [0.15, 0.2) is 24.3 Å². The molecule has 18 heavy (non-hydrogen) atoms. The van der Waals surface area contributed by atoms with Crippen LogP contribution in [0.1, 0.15) is 51.2 Å². The molecule has 100 valence electrons. The monoisotopic (exact) mass is 247 g/mol. The SMILES string of the molecule is CC(C)c1ccc(CNC2CC(O)C2(C)C)cc1. The van der Waals surface area contributed by atoms with Gasteiger partial charge in [0.2, 0.25) is 0 Å². The second-order valence-electron chi connectivity index (χ2n) is 6.40. The molecule has 1 fully saturated rings. The molecule has 1 aromatic carbocycles. The molecule has 0 heterocycles. The van der Waals surface area contributed by atoms with Gasteiger partial charge in [-0.1, -0.05) is 52.0 Å². The van der Waals surface area contributed by atoms with Crippen molar-refractivity contribution in [2.75, 3.05) is 0 Å². The van der Waals surface area contributed by atoms with Crippen LogP contribution in [0, 0.1) is 5.41 Å². The molecule has 0 aliphatic heterocycles. The van der Waals surface area contributed by atoms with Crippen LogP contribution in [0.5, 0.6) is 0 Å². The normalized spacial score (nSPS) is 26.1. The van der Waals surface area contributed by atoms with Crippen LogP contribution >= 0.6 is 0 Å². The maximum Gasteiger partial charge on any atom is 0.0621 e. The third-order valence-corrected chi connectivity index (χ3v) is 4.41. The molecule has 1 saturated carbocycles. The van der Waals surface area contributed by atoms with Gasteiger partial charge < -0.3 is 10.4 Å². The summed E-state index contributed by atoms with van der Waals surface area (Å²) in [7, 11) is 0. The summed E-state index contributed by atoms with van der Waals surface area (Å²) in [6.45, 7) is 9.57. The van der Waals surface area contributed by atoms with Crippen LogP contribution in [-0.2, 0) is 6.54 Å². The molecule has 0 aromatic heterocycles. The predicted octanol–water partition coefficient (Wildman–Crippen LogP) is 3.06. The molecule has 2 atom stereocenters. The van der Waals surface area contributed by atoms with Crippen LogP contribution in [0.4, 0.5) is 0 Å². The van der Waals surface area contributed by atoms with Crippen molar-refractivity contribution < 1.29 is 5.11 Å². The number of aliphatic hydroxyl groups excluding tert-OH is 1. The molecule has 2 nitrogen and oxygen atoms in total. The lowest BCUT2D eigenvalue weighted by Crippen LogP contribution is -2.59. The summed E-state index contributed by atoms with van der Waals surface area (Å²) in [5.41, 5.74) is 2.72. The smallest absolute Gasteiger partial charge is 0.0621 e. The number of rotatable bonds is 4. The summed E-state index contributed by atoms with van der Waals surface area (Å²) < 4.78 is 0. The van der Waals surface area contributed by atoms with E-state index in [-0.39, 0.29) is 11.5 Å². The maximum absolute atomic E-state index is 9.70. The van der Waals surface area contributed by atoms with Crippen molar-refractivity contribution in [1.29, 1.82) is 0 Å². The Bertz CT molecular complexity index is 394. The van der Waals surface area contributed by atoms with E-state index in [9.17, 15) is 5.11 Å². The van der Waals surface area contributed by atoms with Crippen LogP contribution < -0.4 is 5.32 Å². The Morgan fingerprint density at radius 1 is 1.28 bits per heavy atom. The molecule has 2 heteroatoms. The van der Waals surface area contributed by atoms with Gasteiger partial charge >= 0.3 is 0 Å². The topological polar surface area (TPSA) is 32.3 Å². The van der Waals surface area contributed by atoms with Crippen LogP contribution in [0.3, 0.4) is 0 Å². The fourth-order valence-electron chi connectivity index (χ4n) is 2.51. The maximum atomic E-state index is 9.70. The van der Waals surface area contributed by atoms with Gasteiger partial charge in [-0.3, -0.25) is 0 Å². The number of hydrogen-bond donors (Lipinski definition) is 2. The van der Waals surface area contributed by atoms with Crippen LogP contribution in [0.2, 0.25) is 0 Å². The molecule has 2 unspecified atom stereocenters. The Hall–Kier alpha value is -0.860. The fraction of sp³-hybridized carbons (Fsp3) is 0.625. The highest BCUT2D eigenvalue weighted by atomic mass is 16.3. The van der Waals surface area contributed by atoms with Crippen molar-refractivity contribution in [2.45, 2.75) is 58.7 Å². The first-order valence-electron chi connectivity index (χ1n) is 6.91. The molecule has 1 aliphatic carbocycles. The minimum absolute atomic E-state index is 0.0118. The van der Waals surface area contributed by atoms with Gasteiger partial charge in [-0.05, 0) is 23.5 Å². The summed E-state index contributed by atoms with van der Waals surface area (Å²) in [6, 6.07) is 9.25. The molecule has 1 aliphatic rings. The quantitative estimate of drug-likeness (QED) is 0.857. The number of benzene rings is 1. The first-order chi connectivity index (χ1) is 8.41. The highest BCUT2D eigenvalue weighted by Gasteiger charge is 2.46. The van der Waals surface area contributed by atoms with E-state index in [0.717, 1.165) is 13.0 Å². The standard InChI is InChI=1S/C16H25NO/c1-11(2)13-7-5-12(6-8-13)10-17-14-9-15(18)16(14,3)4/h5-8,11,14-15,17-18H,9-10H2,1-4H3. The van der Waals surface area contributed by atoms with Crippen molar-refractivity contribution >= 4 is 0 Å². The molecule has 2 N–H and O–H groups in total. The fourth-order valence-corrected chi connectivity index (χ4v) is 2.51. The van der Waals surface area contributed by atoms with Gasteiger partial charge in [-0.2, -0.15) is 0 Å². The summed E-state index contributed by atoms with van der Waals surface area (Å²) >= 11 is 0. The third-order valence-electron chi connectivity index (χ3n) is 4.41. The second-order valence-corrected chi connectivity index (χ2v) is 6.40. The Balaban J connectivity index is 1.88. The van der Waals surface area contributed by atoms with E-state index in [1.807, 2.05) is 0 Å². The van der Waals surface area contributed by atoms with E-state index in [1.165, 1.54) is 11.1 Å². The lowest BCUT2D eigenvalue weighted by Gasteiger charge is -2.49. The lowest BCUT2D eigenvalue weighted by molar-refractivity contribution is -0.0729.